The molecule has 2 aromatic carbocycles. The minimum atomic E-state index is -0.0387. The van der Waals surface area contributed by atoms with Crippen molar-refractivity contribution >= 4 is 11.7 Å². The van der Waals surface area contributed by atoms with E-state index in [-0.39, 0.29) is 12.1 Å². The molecule has 1 aliphatic rings. The number of rotatable bonds is 4. The number of aryl methyl sites for hydroxylation is 1. The summed E-state index contributed by atoms with van der Waals surface area (Å²) < 4.78 is 5.43. The second-order valence-corrected chi connectivity index (χ2v) is 6.15. The molecule has 0 aromatic heterocycles. The van der Waals surface area contributed by atoms with E-state index in [1.54, 1.807) is 0 Å². The van der Waals surface area contributed by atoms with Gasteiger partial charge in [0, 0.05) is 12.2 Å². The Morgan fingerprint density at radius 2 is 2.04 bits per heavy atom. The highest BCUT2D eigenvalue weighted by atomic mass is 16.5. The van der Waals surface area contributed by atoms with E-state index < -0.39 is 0 Å². The highest BCUT2D eigenvalue weighted by Crippen LogP contribution is 2.32. The zero-order chi connectivity index (χ0) is 16.9. The first-order valence-electron chi connectivity index (χ1n) is 8.54. The second-order valence-electron chi connectivity index (χ2n) is 6.15. The lowest BCUT2D eigenvalue weighted by atomic mass is 10.0. The van der Waals surface area contributed by atoms with E-state index in [0.717, 1.165) is 30.8 Å². The molecule has 1 heterocycles. The van der Waals surface area contributed by atoms with Crippen molar-refractivity contribution in [2.45, 2.75) is 32.7 Å². The molecule has 24 heavy (non-hydrogen) atoms. The van der Waals surface area contributed by atoms with Crippen LogP contribution in [0.15, 0.2) is 48.5 Å². The molecule has 4 heteroatoms. The number of nitrogens with zero attached hydrogens (tertiary/aromatic N) is 1. The molecule has 0 radical (unpaired) electrons. The van der Waals surface area contributed by atoms with Crippen LogP contribution in [0.2, 0.25) is 0 Å². The van der Waals surface area contributed by atoms with Crippen molar-refractivity contribution in [1.29, 1.82) is 0 Å². The summed E-state index contributed by atoms with van der Waals surface area (Å²) in [4.78, 5) is 14.6. The van der Waals surface area contributed by atoms with E-state index in [1.807, 2.05) is 36.1 Å². The van der Waals surface area contributed by atoms with Crippen molar-refractivity contribution in [2.24, 2.45) is 0 Å². The van der Waals surface area contributed by atoms with E-state index in [1.165, 1.54) is 11.1 Å². The number of carbonyl (C=O) groups is 1. The summed E-state index contributed by atoms with van der Waals surface area (Å²) in [6.07, 6.45) is 2.05. The van der Waals surface area contributed by atoms with Gasteiger partial charge in [0.1, 0.15) is 5.75 Å². The lowest BCUT2D eigenvalue weighted by Crippen LogP contribution is -2.34. The van der Waals surface area contributed by atoms with Gasteiger partial charge in [-0.1, -0.05) is 29.8 Å². The molecule has 1 N–H and O–H groups in total. The number of amides is 2. The Morgan fingerprint density at radius 3 is 2.75 bits per heavy atom. The summed E-state index contributed by atoms with van der Waals surface area (Å²) in [6, 6.07) is 16.1. The largest absolute Gasteiger partial charge is 0.494 e. The summed E-state index contributed by atoms with van der Waals surface area (Å²) >= 11 is 0. The first-order valence-corrected chi connectivity index (χ1v) is 8.54. The van der Waals surface area contributed by atoms with Gasteiger partial charge in [-0.05, 0) is 56.5 Å². The van der Waals surface area contributed by atoms with Gasteiger partial charge < -0.3 is 15.0 Å². The molecule has 1 fully saturated rings. The molecule has 126 valence electrons. The molecular weight excluding hydrogens is 300 g/mol. The van der Waals surface area contributed by atoms with Crippen molar-refractivity contribution in [2.75, 3.05) is 18.5 Å². The van der Waals surface area contributed by atoms with E-state index in [4.69, 9.17) is 4.74 Å². The van der Waals surface area contributed by atoms with Crippen molar-refractivity contribution < 1.29 is 9.53 Å². The predicted octanol–water partition coefficient (Wildman–Crippen LogP) is 4.76. The van der Waals surface area contributed by atoms with Crippen LogP contribution in [0.3, 0.4) is 0 Å². The third-order valence-corrected chi connectivity index (χ3v) is 4.36. The number of urea groups is 1. The maximum absolute atomic E-state index is 12.7. The van der Waals surface area contributed by atoms with Gasteiger partial charge in [-0.25, -0.2) is 4.79 Å². The Labute approximate surface area is 143 Å². The topological polar surface area (TPSA) is 41.6 Å². The number of ether oxygens (including phenoxy) is 1. The summed E-state index contributed by atoms with van der Waals surface area (Å²) in [5.41, 5.74) is 3.24. The zero-order valence-electron chi connectivity index (χ0n) is 14.3. The molecule has 1 atom stereocenters. The standard InChI is InChI=1S/C20H24N2O2/c1-3-24-18-11-9-17(10-12-18)21-20(23)22-13-5-8-19(22)16-7-4-6-15(2)14-16/h4,6-7,9-12,14,19H,3,5,8,13H2,1-2H3,(H,21,23). The Morgan fingerprint density at radius 1 is 1.25 bits per heavy atom. The lowest BCUT2D eigenvalue weighted by molar-refractivity contribution is 0.207. The van der Waals surface area contributed by atoms with E-state index >= 15 is 0 Å². The number of benzene rings is 2. The molecule has 2 aromatic rings. The predicted molar refractivity (Wildman–Crippen MR) is 96.5 cm³/mol. The zero-order valence-corrected chi connectivity index (χ0v) is 14.3. The van der Waals surface area contributed by atoms with Crippen LogP contribution in [0.25, 0.3) is 0 Å². The van der Waals surface area contributed by atoms with E-state index in [2.05, 4.69) is 36.5 Å². The summed E-state index contributed by atoms with van der Waals surface area (Å²) in [5, 5.41) is 3.00. The molecular formula is C20H24N2O2. The molecule has 0 bridgehead atoms. The number of likely N-dealkylation sites (tertiary alicyclic amines) is 1. The van der Waals surface area contributed by atoms with Crippen molar-refractivity contribution in [3.05, 3.63) is 59.7 Å². The van der Waals surface area contributed by atoms with E-state index in [9.17, 15) is 4.79 Å². The average Bonchev–Trinajstić information content (AvgIpc) is 3.07. The Hall–Kier alpha value is -2.49. The fourth-order valence-electron chi connectivity index (χ4n) is 3.23. The normalized spacial score (nSPS) is 16.9. The lowest BCUT2D eigenvalue weighted by Gasteiger charge is -2.25. The van der Waals surface area contributed by atoms with Crippen LogP contribution >= 0.6 is 0 Å². The number of anilines is 1. The molecule has 1 aliphatic heterocycles. The number of hydrogen-bond donors (Lipinski definition) is 1. The van der Waals surface area contributed by atoms with E-state index in [0.29, 0.717) is 6.61 Å². The number of hydrogen-bond acceptors (Lipinski definition) is 2. The minimum Gasteiger partial charge on any atom is -0.494 e. The fraction of sp³-hybridized carbons (Fsp3) is 0.350. The van der Waals surface area contributed by atoms with Crippen molar-refractivity contribution in [3.8, 4) is 5.75 Å². The highest BCUT2D eigenvalue weighted by Gasteiger charge is 2.30. The first-order chi connectivity index (χ1) is 11.7. The number of nitrogens with one attached hydrogen (secondary N) is 1. The third kappa shape index (κ3) is 3.70. The Balaban J connectivity index is 1.69. The first kappa shape index (κ1) is 16.4. The molecule has 4 nitrogen and oxygen atoms in total. The molecule has 0 spiro atoms. The van der Waals surface area contributed by atoms with Gasteiger partial charge >= 0.3 is 6.03 Å². The quantitative estimate of drug-likeness (QED) is 0.880. The van der Waals surface area contributed by atoms with Crippen molar-refractivity contribution in [1.82, 2.24) is 4.90 Å². The molecule has 0 saturated carbocycles. The van der Waals surface area contributed by atoms with Crippen LogP contribution in [0.1, 0.15) is 36.9 Å². The Bertz CT molecular complexity index is 697. The highest BCUT2D eigenvalue weighted by molar-refractivity contribution is 5.89. The monoisotopic (exact) mass is 324 g/mol. The van der Waals surface area contributed by atoms with Gasteiger partial charge in [0.2, 0.25) is 0 Å². The number of carbonyl (C=O) groups excluding carboxylic acids is 1. The summed E-state index contributed by atoms with van der Waals surface area (Å²) in [5.74, 6) is 0.814. The van der Waals surface area contributed by atoms with Gasteiger partial charge in [-0.15, -0.1) is 0 Å². The van der Waals surface area contributed by atoms with Crippen LogP contribution in [-0.2, 0) is 0 Å². The second kappa shape index (κ2) is 7.39. The average molecular weight is 324 g/mol. The molecule has 1 unspecified atom stereocenters. The maximum atomic E-state index is 12.7. The fourth-order valence-corrected chi connectivity index (χ4v) is 3.23. The van der Waals surface area contributed by atoms with Crippen molar-refractivity contribution in [3.63, 3.8) is 0 Å². The van der Waals surface area contributed by atoms with Gasteiger partial charge in [0.25, 0.3) is 0 Å². The molecule has 2 amide bonds. The van der Waals surface area contributed by atoms with Crippen LogP contribution in [-0.4, -0.2) is 24.1 Å². The third-order valence-electron chi connectivity index (χ3n) is 4.36. The summed E-state index contributed by atoms with van der Waals surface area (Å²) in [6.45, 7) is 5.47. The van der Waals surface area contributed by atoms with Gasteiger partial charge in [0.15, 0.2) is 0 Å². The van der Waals surface area contributed by atoms with Crippen LogP contribution < -0.4 is 10.1 Å². The van der Waals surface area contributed by atoms with Crippen LogP contribution in [0.5, 0.6) is 5.75 Å². The minimum absolute atomic E-state index is 0.0387. The van der Waals surface area contributed by atoms with Crippen LogP contribution in [0.4, 0.5) is 10.5 Å². The molecule has 0 aliphatic carbocycles. The van der Waals surface area contributed by atoms with Gasteiger partial charge in [0.05, 0.1) is 12.6 Å². The molecule has 3 rings (SSSR count). The van der Waals surface area contributed by atoms with Gasteiger partial charge in [-0.3, -0.25) is 0 Å². The Kier molecular flexibility index (Phi) is 5.04. The SMILES string of the molecule is CCOc1ccc(NC(=O)N2CCCC2c2cccc(C)c2)cc1. The smallest absolute Gasteiger partial charge is 0.322 e. The molecule has 1 saturated heterocycles. The van der Waals surface area contributed by atoms with Crippen LogP contribution in [0, 0.1) is 6.92 Å². The van der Waals surface area contributed by atoms with Gasteiger partial charge in [-0.2, -0.15) is 0 Å². The summed E-state index contributed by atoms with van der Waals surface area (Å²) in [7, 11) is 0. The maximum Gasteiger partial charge on any atom is 0.322 e.